The largest absolute Gasteiger partial charge is 0.408 e. The molecule has 4 rings (SSSR count). The number of likely N-dealkylation sites (tertiary alicyclic amines) is 1. The monoisotopic (exact) mass is 561 g/mol. The summed E-state index contributed by atoms with van der Waals surface area (Å²) in [6.45, 7) is 3.26. The zero-order valence-corrected chi connectivity index (χ0v) is 21.7. The maximum atomic E-state index is 14.0. The number of alkyl halides is 5. The molecular weight excluding hydrogens is 533 g/mol. The number of carbonyl (C=O) groups is 2. The molecule has 38 heavy (non-hydrogen) atoms. The van der Waals surface area contributed by atoms with E-state index in [1.165, 1.54) is 19.2 Å². The standard InChI is InChI=1S/C24H28F5N5O3S/c1-11-6-17(31-13(3)24(27,28)29)30-9-16(11)19-18(22(37)34-10-23(25,26)8-12(34)2)33-21(38-19)20(36)32-14-4-5-15(35)7-14/h6,9,12-15,35H,4-5,7-8,10H2,1-3H3,(H,30,31)(H,32,36)/t12-,13-,14-,15-/m0/s1. The molecule has 2 fully saturated rings. The van der Waals surface area contributed by atoms with Crippen LogP contribution < -0.4 is 10.6 Å². The number of amides is 2. The maximum Gasteiger partial charge on any atom is 0.408 e. The lowest BCUT2D eigenvalue weighted by atomic mass is 10.1. The second kappa shape index (κ2) is 10.4. The lowest BCUT2D eigenvalue weighted by Crippen LogP contribution is -2.36. The van der Waals surface area contributed by atoms with Crippen LogP contribution in [-0.2, 0) is 0 Å². The van der Waals surface area contributed by atoms with E-state index < -0.39 is 55.1 Å². The molecule has 3 heterocycles. The summed E-state index contributed by atoms with van der Waals surface area (Å²) in [4.78, 5) is 35.9. The van der Waals surface area contributed by atoms with Crippen molar-refractivity contribution in [3.05, 3.63) is 28.5 Å². The van der Waals surface area contributed by atoms with Gasteiger partial charge in [-0.15, -0.1) is 11.3 Å². The fraction of sp³-hybridized carbons (Fsp3) is 0.583. The number of nitrogens with one attached hydrogen (secondary N) is 2. The third-order valence-electron chi connectivity index (χ3n) is 6.76. The van der Waals surface area contributed by atoms with Crippen molar-refractivity contribution in [1.29, 1.82) is 0 Å². The second-order valence-electron chi connectivity index (χ2n) is 9.97. The summed E-state index contributed by atoms with van der Waals surface area (Å²) in [7, 11) is 0. The second-order valence-corrected chi connectivity index (χ2v) is 11.0. The number of pyridine rings is 1. The molecular formula is C24H28F5N5O3S. The summed E-state index contributed by atoms with van der Waals surface area (Å²) in [6, 6.07) is -1.52. The van der Waals surface area contributed by atoms with Crippen molar-refractivity contribution in [1.82, 2.24) is 20.2 Å². The molecule has 4 atom stereocenters. The number of nitrogens with zero attached hydrogens (tertiary/aromatic N) is 3. The van der Waals surface area contributed by atoms with E-state index in [9.17, 15) is 36.6 Å². The Labute approximate surface area is 219 Å². The number of aliphatic hydroxyl groups is 1. The average molecular weight is 562 g/mol. The van der Waals surface area contributed by atoms with Crippen molar-refractivity contribution in [2.24, 2.45) is 0 Å². The first-order valence-corrected chi connectivity index (χ1v) is 12.9. The van der Waals surface area contributed by atoms with Crippen LogP contribution in [0.3, 0.4) is 0 Å². The lowest BCUT2D eigenvalue weighted by molar-refractivity contribution is -0.138. The Hall–Kier alpha value is -2.87. The minimum atomic E-state index is -4.49. The van der Waals surface area contributed by atoms with Gasteiger partial charge in [0.15, 0.2) is 5.01 Å². The van der Waals surface area contributed by atoms with Crippen molar-refractivity contribution >= 4 is 29.0 Å². The van der Waals surface area contributed by atoms with Crippen LogP contribution in [0.2, 0.25) is 0 Å². The van der Waals surface area contributed by atoms with Gasteiger partial charge >= 0.3 is 6.18 Å². The van der Waals surface area contributed by atoms with Gasteiger partial charge in [0.25, 0.3) is 17.7 Å². The lowest BCUT2D eigenvalue weighted by Gasteiger charge is -2.21. The highest BCUT2D eigenvalue weighted by atomic mass is 32.1. The third kappa shape index (κ3) is 6.06. The van der Waals surface area contributed by atoms with Crippen LogP contribution in [0.15, 0.2) is 12.3 Å². The first-order chi connectivity index (χ1) is 17.6. The van der Waals surface area contributed by atoms with Crippen LogP contribution in [0.25, 0.3) is 10.4 Å². The minimum absolute atomic E-state index is 0.0426. The molecule has 1 aliphatic carbocycles. The number of aromatic nitrogens is 2. The highest BCUT2D eigenvalue weighted by Gasteiger charge is 2.46. The normalized spacial score (nSPS) is 23.9. The summed E-state index contributed by atoms with van der Waals surface area (Å²) < 4.78 is 67.0. The number of hydrogen-bond donors (Lipinski definition) is 3. The summed E-state index contributed by atoms with van der Waals surface area (Å²) in [6.07, 6.45) is -2.76. The van der Waals surface area contributed by atoms with Gasteiger partial charge in [-0.3, -0.25) is 9.59 Å². The Balaban J connectivity index is 1.68. The molecule has 0 unspecified atom stereocenters. The number of anilines is 1. The molecule has 8 nitrogen and oxygen atoms in total. The van der Waals surface area contributed by atoms with E-state index in [1.54, 1.807) is 6.92 Å². The summed E-state index contributed by atoms with van der Waals surface area (Å²) in [5.41, 5.74) is 0.579. The Bertz CT molecular complexity index is 1220. The number of rotatable bonds is 6. The summed E-state index contributed by atoms with van der Waals surface area (Å²) in [5.74, 6) is -4.45. The SMILES string of the molecule is Cc1cc(N[C@@H](C)C(F)(F)F)ncc1-c1sc(C(=O)N[C@H]2CC[C@H](O)C2)nc1C(=O)N1CC(F)(F)C[C@@H]1C. The molecule has 0 bridgehead atoms. The van der Waals surface area contributed by atoms with Gasteiger partial charge in [0, 0.05) is 30.3 Å². The Morgan fingerprint density at radius 2 is 2.00 bits per heavy atom. The van der Waals surface area contributed by atoms with Crippen LogP contribution in [0.4, 0.5) is 27.8 Å². The Kier molecular flexibility index (Phi) is 7.67. The quantitative estimate of drug-likeness (QED) is 0.452. The number of thiazole rings is 1. The number of carbonyl (C=O) groups excluding carboxylic acids is 2. The van der Waals surface area contributed by atoms with E-state index >= 15 is 0 Å². The first-order valence-electron chi connectivity index (χ1n) is 12.1. The number of hydrogen-bond acceptors (Lipinski definition) is 7. The van der Waals surface area contributed by atoms with Gasteiger partial charge < -0.3 is 20.6 Å². The molecule has 2 amide bonds. The zero-order chi connectivity index (χ0) is 28.0. The minimum Gasteiger partial charge on any atom is -0.393 e. The topological polar surface area (TPSA) is 107 Å². The first kappa shape index (κ1) is 28.1. The highest BCUT2D eigenvalue weighted by Crippen LogP contribution is 2.38. The van der Waals surface area contributed by atoms with E-state index in [-0.39, 0.29) is 27.4 Å². The number of halogens is 5. The van der Waals surface area contributed by atoms with Crippen molar-refractivity contribution < 1.29 is 36.6 Å². The molecule has 2 aromatic rings. The van der Waals surface area contributed by atoms with E-state index in [4.69, 9.17) is 0 Å². The van der Waals surface area contributed by atoms with Crippen LogP contribution >= 0.6 is 11.3 Å². The van der Waals surface area contributed by atoms with E-state index in [1.807, 2.05) is 0 Å². The molecule has 2 aromatic heterocycles. The van der Waals surface area contributed by atoms with E-state index in [0.717, 1.165) is 23.2 Å². The molecule has 3 N–H and O–H groups in total. The van der Waals surface area contributed by atoms with Crippen LogP contribution in [0.1, 0.15) is 65.4 Å². The van der Waals surface area contributed by atoms with Gasteiger partial charge in [-0.05, 0) is 51.7 Å². The summed E-state index contributed by atoms with van der Waals surface area (Å²) in [5, 5.41) is 14.7. The van der Waals surface area contributed by atoms with Gasteiger partial charge in [0.2, 0.25) is 0 Å². The van der Waals surface area contributed by atoms with Crippen molar-refractivity contribution in [3.8, 4) is 10.4 Å². The average Bonchev–Trinajstić information content (AvgIpc) is 3.49. The van der Waals surface area contributed by atoms with Crippen LogP contribution in [0.5, 0.6) is 0 Å². The molecule has 0 radical (unpaired) electrons. The predicted octanol–water partition coefficient (Wildman–Crippen LogP) is 4.39. The van der Waals surface area contributed by atoms with Crippen molar-refractivity contribution in [2.75, 3.05) is 11.9 Å². The van der Waals surface area contributed by atoms with Gasteiger partial charge in [-0.25, -0.2) is 18.7 Å². The molecule has 208 valence electrons. The number of aliphatic hydroxyl groups excluding tert-OH is 1. The van der Waals surface area contributed by atoms with Crippen molar-refractivity contribution in [2.45, 2.75) is 82.8 Å². The Morgan fingerprint density at radius 3 is 2.55 bits per heavy atom. The predicted molar refractivity (Wildman–Crippen MR) is 130 cm³/mol. The van der Waals surface area contributed by atoms with E-state index in [0.29, 0.717) is 30.4 Å². The molecule has 1 saturated heterocycles. The smallest absolute Gasteiger partial charge is 0.393 e. The maximum absolute atomic E-state index is 14.0. The van der Waals surface area contributed by atoms with Crippen LogP contribution in [-0.4, -0.2) is 74.7 Å². The zero-order valence-electron chi connectivity index (χ0n) is 20.9. The molecule has 2 aliphatic rings. The molecule has 1 saturated carbocycles. The summed E-state index contributed by atoms with van der Waals surface area (Å²) >= 11 is 0.870. The highest BCUT2D eigenvalue weighted by molar-refractivity contribution is 7.17. The van der Waals surface area contributed by atoms with Gasteiger partial charge in [0.05, 0.1) is 17.5 Å². The molecule has 1 aliphatic heterocycles. The third-order valence-corrected chi connectivity index (χ3v) is 7.85. The van der Waals surface area contributed by atoms with Crippen LogP contribution in [0, 0.1) is 6.92 Å². The van der Waals surface area contributed by atoms with E-state index in [2.05, 4.69) is 20.6 Å². The number of aryl methyl sites for hydroxylation is 1. The molecule has 0 spiro atoms. The fourth-order valence-electron chi connectivity index (χ4n) is 4.68. The van der Waals surface area contributed by atoms with Gasteiger partial charge in [-0.2, -0.15) is 13.2 Å². The Morgan fingerprint density at radius 1 is 1.29 bits per heavy atom. The van der Waals surface area contributed by atoms with Gasteiger partial charge in [-0.1, -0.05) is 0 Å². The van der Waals surface area contributed by atoms with Gasteiger partial charge in [0.1, 0.15) is 17.6 Å². The fourth-order valence-corrected chi connectivity index (χ4v) is 5.71. The molecule has 0 aromatic carbocycles. The van der Waals surface area contributed by atoms with Crippen molar-refractivity contribution in [3.63, 3.8) is 0 Å². The molecule has 14 heteroatoms.